The van der Waals surface area contributed by atoms with E-state index in [9.17, 15) is 0 Å². The molecule has 118 valence electrons. The van der Waals surface area contributed by atoms with Gasteiger partial charge in [-0.1, -0.05) is 0 Å². The lowest BCUT2D eigenvalue weighted by Gasteiger charge is -2.36. The fourth-order valence-electron chi connectivity index (χ4n) is 3.43. The summed E-state index contributed by atoms with van der Waals surface area (Å²) in [6.45, 7) is 8.00. The molecular formula is C16H23N5O. The van der Waals surface area contributed by atoms with Crippen LogP contribution < -0.4 is 4.90 Å². The molecule has 22 heavy (non-hydrogen) atoms. The number of aryl methyl sites for hydroxylation is 2. The van der Waals surface area contributed by atoms with Crippen molar-refractivity contribution in [3.8, 4) is 0 Å². The van der Waals surface area contributed by atoms with Gasteiger partial charge in [-0.15, -0.1) is 0 Å². The highest BCUT2D eigenvalue weighted by molar-refractivity contribution is 5.88. The zero-order chi connectivity index (χ0) is 15.4. The van der Waals surface area contributed by atoms with Crippen molar-refractivity contribution in [2.75, 3.05) is 18.0 Å². The number of morpholine rings is 1. The Balaban J connectivity index is 1.87. The lowest BCUT2D eigenvalue weighted by atomic mass is 10.2. The molecule has 0 bridgehead atoms. The van der Waals surface area contributed by atoms with E-state index in [2.05, 4.69) is 23.8 Å². The van der Waals surface area contributed by atoms with Crippen molar-refractivity contribution in [3.63, 3.8) is 0 Å². The number of nitrogens with zero attached hydrogens (tertiary/aromatic N) is 5. The number of hydrogen-bond acceptors (Lipinski definition) is 5. The molecule has 0 unspecified atom stereocenters. The first kappa shape index (κ1) is 13.9. The molecular weight excluding hydrogens is 278 g/mol. The monoisotopic (exact) mass is 301 g/mol. The summed E-state index contributed by atoms with van der Waals surface area (Å²) in [5, 5.41) is 4.56. The molecule has 4 rings (SSSR count). The van der Waals surface area contributed by atoms with Gasteiger partial charge in [-0.3, -0.25) is 4.68 Å². The van der Waals surface area contributed by atoms with Crippen LogP contribution in [0.3, 0.4) is 0 Å². The quantitative estimate of drug-likeness (QED) is 0.851. The first-order valence-corrected chi connectivity index (χ1v) is 8.14. The van der Waals surface area contributed by atoms with Crippen LogP contribution in [0.1, 0.15) is 44.1 Å². The van der Waals surface area contributed by atoms with Crippen molar-refractivity contribution in [1.29, 1.82) is 0 Å². The van der Waals surface area contributed by atoms with E-state index in [1.54, 1.807) is 0 Å². The summed E-state index contributed by atoms with van der Waals surface area (Å²) < 4.78 is 7.79. The van der Waals surface area contributed by atoms with Crippen molar-refractivity contribution in [1.82, 2.24) is 19.7 Å². The van der Waals surface area contributed by atoms with Crippen LogP contribution in [-0.2, 0) is 11.8 Å². The van der Waals surface area contributed by atoms with Crippen LogP contribution in [0.2, 0.25) is 0 Å². The van der Waals surface area contributed by atoms with Gasteiger partial charge < -0.3 is 9.64 Å². The molecule has 0 spiro atoms. The SMILES string of the molecule is Cc1nn(C)c2c(N3C[C@@H](C)O[C@H](C)C3)nc(C3CC3)nc12. The Bertz CT molecular complexity index is 711. The maximum atomic E-state index is 5.87. The van der Waals surface area contributed by atoms with E-state index >= 15 is 0 Å². The van der Waals surface area contributed by atoms with Crippen LogP contribution in [-0.4, -0.2) is 45.0 Å². The van der Waals surface area contributed by atoms with Crippen LogP contribution in [0.5, 0.6) is 0 Å². The first-order valence-electron chi connectivity index (χ1n) is 8.14. The third-order valence-electron chi connectivity index (χ3n) is 4.51. The molecule has 2 fully saturated rings. The number of ether oxygens (including phenoxy) is 1. The molecule has 0 radical (unpaired) electrons. The third kappa shape index (κ3) is 2.26. The molecule has 6 nitrogen and oxygen atoms in total. The highest BCUT2D eigenvalue weighted by Crippen LogP contribution is 2.40. The molecule has 3 heterocycles. The lowest BCUT2D eigenvalue weighted by molar-refractivity contribution is -0.00540. The number of anilines is 1. The van der Waals surface area contributed by atoms with E-state index in [4.69, 9.17) is 14.7 Å². The average molecular weight is 301 g/mol. The Labute approximate surface area is 130 Å². The molecule has 1 saturated heterocycles. The fourth-order valence-corrected chi connectivity index (χ4v) is 3.43. The molecule has 0 aromatic carbocycles. The predicted molar refractivity (Wildman–Crippen MR) is 85.2 cm³/mol. The zero-order valence-corrected chi connectivity index (χ0v) is 13.7. The van der Waals surface area contributed by atoms with Gasteiger partial charge in [0, 0.05) is 26.1 Å². The minimum Gasteiger partial charge on any atom is -0.372 e. The predicted octanol–water partition coefficient (Wildman–Crippen LogP) is 2.16. The van der Waals surface area contributed by atoms with Crippen molar-refractivity contribution in [3.05, 3.63) is 11.5 Å². The normalized spacial score (nSPS) is 25.9. The van der Waals surface area contributed by atoms with Gasteiger partial charge in [0.2, 0.25) is 0 Å². The Morgan fingerprint density at radius 2 is 1.77 bits per heavy atom. The van der Waals surface area contributed by atoms with Gasteiger partial charge in [-0.05, 0) is 33.6 Å². The van der Waals surface area contributed by atoms with E-state index in [1.807, 2.05) is 18.7 Å². The van der Waals surface area contributed by atoms with Crippen molar-refractivity contribution in [2.45, 2.75) is 51.7 Å². The minimum atomic E-state index is 0.215. The Hall–Kier alpha value is -1.69. The summed E-state index contributed by atoms with van der Waals surface area (Å²) in [5.74, 6) is 2.56. The first-order chi connectivity index (χ1) is 10.5. The van der Waals surface area contributed by atoms with Gasteiger partial charge in [0.1, 0.15) is 16.9 Å². The summed E-state index contributed by atoms with van der Waals surface area (Å²) in [6.07, 6.45) is 2.85. The molecule has 0 N–H and O–H groups in total. The second-order valence-electron chi connectivity index (χ2n) is 6.75. The summed E-state index contributed by atoms with van der Waals surface area (Å²) in [4.78, 5) is 12.1. The van der Waals surface area contributed by atoms with Crippen LogP contribution in [0.4, 0.5) is 5.82 Å². The van der Waals surface area contributed by atoms with Crippen LogP contribution >= 0.6 is 0 Å². The van der Waals surface area contributed by atoms with Gasteiger partial charge in [0.05, 0.1) is 17.9 Å². The maximum absolute atomic E-state index is 5.87. The Morgan fingerprint density at radius 3 is 2.41 bits per heavy atom. The van der Waals surface area contributed by atoms with Crippen LogP contribution in [0.15, 0.2) is 0 Å². The van der Waals surface area contributed by atoms with Gasteiger partial charge in [-0.2, -0.15) is 5.10 Å². The zero-order valence-electron chi connectivity index (χ0n) is 13.7. The lowest BCUT2D eigenvalue weighted by Crippen LogP contribution is -2.46. The van der Waals surface area contributed by atoms with Crippen LogP contribution in [0.25, 0.3) is 11.0 Å². The van der Waals surface area contributed by atoms with Crippen LogP contribution in [0, 0.1) is 6.92 Å². The molecule has 2 aromatic heterocycles. The molecule has 2 aromatic rings. The van der Waals surface area contributed by atoms with Crippen molar-refractivity contribution < 1.29 is 4.74 Å². The molecule has 1 aliphatic carbocycles. The highest BCUT2D eigenvalue weighted by Gasteiger charge is 2.31. The van der Waals surface area contributed by atoms with E-state index in [1.165, 1.54) is 12.8 Å². The highest BCUT2D eigenvalue weighted by atomic mass is 16.5. The molecule has 1 saturated carbocycles. The Kier molecular flexibility index (Phi) is 3.11. The smallest absolute Gasteiger partial charge is 0.158 e. The number of fused-ring (bicyclic) bond motifs is 1. The largest absolute Gasteiger partial charge is 0.372 e. The van der Waals surface area contributed by atoms with Gasteiger partial charge in [-0.25, -0.2) is 9.97 Å². The topological polar surface area (TPSA) is 56.1 Å². The Morgan fingerprint density at radius 1 is 1.09 bits per heavy atom. The van der Waals surface area contributed by atoms with E-state index in [0.717, 1.165) is 41.5 Å². The van der Waals surface area contributed by atoms with Crippen molar-refractivity contribution >= 4 is 16.9 Å². The summed E-state index contributed by atoms with van der Waals surface area (Å²) in [7, 11) is 1.98. The molecule has 2 atom stereocenters. The average Bonchev–Trinajstić information content (AvgIpc) is 3.25. The summed E-state index contributed by atoms with van der Waals surface area (Å²) >= 11 is 0. The minimum absolute atomic E-state index is 0.215. The van der Waals surface area contributed by atoms with Gasteiger partial charge >= 0.3 is 0 Å². The number of aromatic nitrogens is 4. The maximum Gasteiger partial charge on any atom is 0.158 e. The second-order valence-corrected chi connectivity index (χ2v) is 6.75. The number of hydrogen-bond donors (Lipinski definition) is 0. The van der Waals surface area contributed by atoms with E-state index in [0.29, 0.717) is 5.92 Å². The third-order valence-corrected chi connectivity index (χ3v) is 4.51. The van der Waals surface area contributed by atoms with Crippen molar-refractivity contribution in [2.24, 2.45) is 7.05 Å². The number of rotatable bonds is 2. The van der Waals surface area contributed by atoms with E-state index < -0.39 is 0 Å². The molecule has 6 heteroatoms. The molecule has 1 aliphatic heterocycles. The van der Waals surface area contributed by atoms with Gasteiger partial charge in [0.15, 0.2) is 5.82 Å². The van der Waals surface area contributed by atoms with E-state index in [-0.39, 0.29) is 12.2 Å². The van der Waals surface area contributed by atoms with Gasteiger partial charge in [0.25, 0.3) is 0 Å². The second kappa shape index (κ2) is 4.91. The molecule has 0 amide bonds. The standard InChI is InChI=1S/C16H23N5O/c1-9-7-21(8-10(2)22-9)16-14-13(11(3)19-20(14)4)17-15(18-16)12-5-6-12/h9-10,12H,5-8H2,1-4H3/t9-,10-/m1/s1. The molecule has 2 aliphatic rings. The fraction of sp³-hybridized carbons (Fsp3) is 0.688. The summed E-state index contributed by atoms with van der Waals surface area (Å²) in [5.41, 5.74) is 3.03. The summed E-state index contributed by atoms with van der Waals surface area (Å²) in [6, 6.07) is 0.